The predicted octanol–water partition coefficient (Wildman–Crippen LogP) is 4.73. The molecule has 0 aromatic heterocycles. The lowest BCUT2D eigenvalue weighted by molar-refractivity contribution is -0.00675. The van der Waals surface area contributed by atoms with Gasteiger partial charge in [-0.05, 0) is 55.5 Å². The van der Waals surface area contributed by atoms with Gasteiger partial charge in [-0.2, -0.15) is 0 Å². The molecule has 0 aliphatic carbocycles. The molecule has 0 spiro atoms. The first kappa shape index (κ1) is 18.2. The van der Waals surface area contributed by atoms with Crippen molar-refractivity contribution >= 4 is 0 Å². The highest BCUT2D eigenvalue weighted by molar-refractivity contribution is 5.33. The van der Waals surface area contributed by atoms with E-state index >= 15 is 0 Å². The molecule has 0 radical (unpaired) electrons. The van der Waals surface area contributed by atoms with Gasteiger partial charge in [-0.3, -0.25) is 0 Å². The molecule has 2 atom stereocenters. The summed E-state index contributed by atoms with van der Waals surface area (Å²) in [7, 11) is 0. The lowest BCUT2D eigenvalue weighted by atomic mass is 9.75. The molecule has 1 heterocycles. The van der Waals surface area contributed by atoms with Crippen LogP contribution in [-0.2, 0) is 12.0 Å². The van der Waals surface area contributed by atoms with E-state index < -0.39 is 5.60 Å². The fourth-order valence-corrected chi connectivity index (χ4v) is 4.12. The molecule has 0 bridgehead atoms. The van der Waals surface area contributed by atoms with E-state index in [1.165, 1.54) is 24.0 Å². The molecule has 1 saturated heterocycles. The van der Waals surface area contributed by atoms with E-state index in [0.29, 0.717) is 6.42 Å². The van der Waals surface area contributed by atoms with Gasteiger partial charge in [0.15, 0.2) is 0 Å². The Morgan fingerprint density at radius 2 is 1.60 bits per heavy atom. The Kier molecular flexibility index (Phi) is 5.93. The molecule has 0 unspecified atom stereocenters. The van der Waals surface area contributed by atoms with Gasteiger partial charge in [0, 0.05) is 12.5 Å². The van der Waals surface area contributed by atoms with Crippen molar-refractivity contribution in [2.45, 2.75) is 51.0 Å². The number of benzene rings is 2. The third kappa shape index (κ3) is 3.96. The lowest BCUT2D eigenvalue weighted by Crippen LogP contribution is -2.40. The molecule has 3 rings (SSSR count). The molecule has 25 heavy (non-hydrogen) atoms. The molecule has 1 fully saturated rings. The number of hydrogen-bond donors (Lipinski definition) is 1. The summed E-state index contributed by atoms with van der Waals surface area (Å²) in [6.07, 6.45) is 4.29. The van der Waals surface area contributed by atoms with E-state index in [1.54, 1.807) is 0 Å². The van der Waals surface area contributed by atoms with Crippen LogP contribution in [0.3, 0.4) is 0 Å². The van der Waals surface area contributed by atoms with Crippen LogP contribution in [-0.4, -0.2) is 29.6 Å². The van der Waals surface area contributed by atoms with E-state index in [2.05, 4.69) is 73.3 Å². The Balaban J connectivity index is 1.97. The minimum atomic E-state index is -0.837. The van der Waals surface area contributed by atoms with Crippen LogP contribution in [0.5, 0.6) is 0 Å². The average Bonchev–Trinajstić information content (AvgIpc) is 3.19. The van der Waals surface area contributed by atoms with Gasteiger partial charge in [-0.25, -0.2) is 0 Å². The zero-order valence-electron chi connectivity index (χ0n) is 15.6. The Labute approximate surface area is 152 Å². The van der Waals surface area contributed by atoms with Gasteiger partial charge >= 0.3 is 0 Å². The van der Waals surface area contributed by atoms with Gasteiger partial charge in [-0.1, -0.05) is 68.4 Å². The molecule has 1 N–H and O–H groups in total. The predicted molar refractivity (Wildman–Crippen MR) is 105 cm³/mol. The van der Waals surface area contributed by atoms with Crippen LogP contribution in [0.2, 0.25) is 0 Å². The zero-order chi connectivity index (χ0) is 17.7. The second kappa shape index (κ2) is 8.16. The van der Waals surface area contributed by atoms with Crippen molar-refractivity contribution in [2.75, 3.05) is 19.6 Å². The Morgan fingerprint density at radius 3 is 2.16 bits per heavy atom. The molecule has 2 aromatic rings. The standard InChI is InChI=1S/C23H31NO/c1-3-19-12-14-21(15-13-19)23(25,4-2)22(18-24-16-8-9-17-24)20-10-6-5-7-11-20/h5-7,10-15,22,25H,3-4,8-9,16-18H2,1-2H3/t22-,23-/m1/s1. The fraction of sp³-hybridized carbons (Fsp3) is 0.478. The number of rotatable bonds is 7. The SMILES string of the molecule is CCc1ccc([C@](O)(CC)[C@H](CN2CCCC2)c2ccccc2)cc1. The Morgan fingerprint density at radius 1 is 0.960 bits per heavy atom. The molecule has 134 valence electrons. The Bertz CT molecular complexity index is 646. The van der Waals surface area contributed by atoms with Gasteiger partial charge in [0.05, 0.1) is 5.60 Å². The van der Waals surface area contributed by atoms with Gasteiger partial charge in [0.2, 0.25) is 0 Å². The molecule has 2 aromatic carbocycles. The van der Waals surface area contributed by atoms with Crippen LogP contribution in [0.4, 0.5) is 0 Å². The van der Waals surface area contributed by atoms with Crippen molar-refractivity contribution in [1.82, 2.24) is 4.90 Å². The summed E-state index contributed by atoms with van der Waals surface area (Å²) in [5.41, 5.74) is 2.76. The van der Waals surface area contributed by atoms with Crippen LogP contribution >= 0.6 is 0 Å². The van der Waals surface area contributed by atoms with Crippen molar-refractivity contribution in [1.29, 1.82) is 0 Å². The summed E-state index contributed by atoms with van der Waals surface area (Å²) in [4.78, 5) is 2.51. The summed E-state index contributed by atoms with van der Waals surface area (Å²) in [5, 5.41) is 11.8. The Hall–Kier alpha value is -1.64. The lowest BCUT2D eigenvalue weighted by Gasteiger charge is -2.38. The van der Waals surface area contributed by atoms with Gasteiger partial charge in [0.25, 0.3) is 0 Å². The van der Waals surface area contributed by atoms with E-state index in [-0.39, 0.29) is 5.92 Å². The summed E-state index contributed by atoms with van der Waals surface area (Å²) in [6.45, 7) is 7.49. The van der Waals surface area contributed by atoms with Crippen molar-refractivity contribution in [3.8, 4) is 0 Å². The van der Waals surface area contributed by atoms with E-state index in [0.717, 1.165) is 31.6 Å². The highest BCUT2D eigenvalue weighted by Gasteiger charge is 2.39. The summed E-state index contributed by atoms with van der Waals surface area (Å²) < 4.78 is 0. The monoisotopic (exact) mass is 337 g/mol. The van der Waals surface area contributed by atoms with Crippen molar-refractivity contribution in [2.24, 2.45) is 0 Å². The second-order valence-electron chi connectivity index (χ2n) is 7.30. The first-order valence-corrected chi connectivity index (χ1v) is 9.76. The van der Waals surface area contributed by atoms with E-state index in [9.17, 15) is 5.11 Å². The number of aryl methyl sites for hydroxylation is 1. The number of hydrogen-bond acceptors (Lipinski definition) is 2. The minimum absolute atomic E-state index is 0.0873. The first-order valence-electron chi connectivity index (χ1n) is 9.76. The highest BCUT2D eigenvalue weighted by Crippen LogP contribution is 2.40. The van der Waals surface area contributed by atoms with Crippen molar-refractivity contribution < 1.29 is 5.11 Å². The molecule has 1 aliphatic rings. The van der Waals surface area contributed by atoms with E-state index in [1.807, 2.05) is 0 Å². The number of nitrogens with zero attached hydrogens (tertiary/aromatic N) is 1. The fourth-order valence-electron chi connectivity index (χ4n) is 4.12. The van der Waals surface area contributed by atoms with Gasteiger partial charge in [-0.15, -0.1) is 0 Å². The smallest absolute Gasteiger partial charge is 0.0974 e. The van der Waals surface area contributed by atoms with Crippen LogP contribution < -0.4 is 0 Å². The van der Waals surface area contributed by atoms with Crippen molar-refractivity contribution in [3.63, 3.8) is 0 Å². The number of aliphatic hydroxyl groups is 1. The summed E-state index contributed by atoms with van der Waals surface area (Å²) >= 11 is 0. The highest BCUT2D eigenvalue weighted by atomic mass is 16.3. The largest absolute Gasteiger partial charge is 0.384 e. The maximum Gasteiger partial charge on any atom is 0.0974 e. The molecule has 2 nitrogen and oxygen atoms in total. The van der Waals surface area contributed by atoms with Crippen LogP contribution in [0, 0.1) is 0 Å². The maximum atomic E-state index is 11.8. The maximum absolute atomic E-state index is 11.8. The van der Waals surface area contributed by atoms with Gasteiger partial charge < -0.3 is 10.0 Å². The third-order valence-electron chi connectivity index (χ3n) is 5.82. The number of likely N-dealkylation sites (tertiary alicyclic amines) is 1. The van der Waals surface area contributed by atoms with Crippen molar-refractivity contribution in [3.05, 3.63) is 71.3 Å². The molecule has 1 aliphatic heterocycles. The zero-order valence-corrected chi connectivity index (χ0v) is 15.6. The quantitative estimate of drug-likeness (QED) is 0.790. The second-order valence-corrected chi connectivity index (χ2v) is 7.30. The minimum Gasteiger partial charge on any atom is -0.384 e. The topological polar surface area (TPSA) is 23.5 Å². The average molecular weight is 338 g/mol. The molecular weight excluding hydrogens is 306 g/mol. The van der Waals surface area contributed by atoms with Crippen LogP contribution in [0.1, 0.15) is 55.7 Å². The third-order valence-corrected chi connectivity index (χ3v) is 5.82. The van der Waals surface area contributed by atoms with Gasteiger partial charge in [0.1, 0.15) is 0 Å². The van der Waals surface area contributed by atoms with E-state index in [4.69, 9.17) is 0 Å². The first-order chi connectivity index (χ1) is 12.2. The molecule has 0 saturated carbocycles. The van der Waals surface area contributed by atoms with Crippen LogP contribution in [0.25, 0.3) is 0 Å². The summed E-state index contributed by atoms with van der Waals surface area (Å²) in [6, 6.07) is 19.1. The van der Waals surface area contributed by atoms with Crippen LogP contribution in [0.15, 0.2) is 54.6 Å². The molecule has 2 heteroatoms. The molecular formula is C23H31NO. The summed E-state index contributed by atoms with van der Waals surface area (Å²) in [5.74, 6) is 0.0873. The normalized spacial score (nSPS) is 18.8. The molecule has 0 amide bonds.